The highest BCUT2D eigenvalue weighted by atomic mass is 32.1. The van der Waals surface area contributed by atoms with Gasteiger partial charge in [0.2, 0.25) is 0 Å². The van der Waals surface area contributed by atoms with Crippen molar-refractivity contribution in [1.82, 2.24) is 0 Å². The molecule has 0 fully saturated rings. The Morgan fingerprint density at radius 1 is 1.12 bits per heavy atom. The number of hydrogen-bond donors (Lipinski definition) is 1. The third-order valence-electron chi connectivity index (χ3n) is 2.46. The maximum absolute atomic E-state index is 10.9. The predicted octanol–water partition coefficient (Wildman–Crippen LogP) is 3.23. The molecule has 0 atom stereocenters. The lowest BCUT2D eigenvalue weighted by Gasteiger charge is -2.00. The zero-order valence-corrected chi connectivity index (χ0v) is 9.54. The van der Waals surface area contributed by atoms with E-state index < -0.39 is 5.97 Å². The summed E-state index contributed by atoms with van der Waals surface area (Å²) in [5.41, 5.74) is 1.69. The topological polar surface area (TPSA) is 37.3 Å². The van der Waals surface area contributed by atoms with Crippen LogP contribution in [0, 0.1) is 0 Å². The number of thiophene rings is 1. The number of aryl methyl sites for hydroxylation is 2. The van der Waals surface area contributed by atoms with Crippen molar-refractivity contribution in [2.24, 2.45) is 0 Å². The van der Waals surface area contributed by atoms with Crippen LogP contribution in [0.3, 0.4) is 0 Å². The van der Waals surface area contributed by atoms with Gasteiger partial charge in [0.05, 0.1) is 5.56 Å². The Morgan fingerprint density at radius 2 is 1.88 bits per heavy atom. The fourth-order valence-corrected chi connectivity index (χ4v) is 2.50. The summed E-state index contributed by atoms with van der Waals surface area (Å²) in [5, 5.41) is 10.8. The van der Waals surface area contributed by atoms with E-state index in [1.54, 1.807) is 6.07 Å². The molecule has 16 heavy (non-hydrogen) atoms. The van der Waals surface area contributed by atoms with E-state index in [1.165, 1.54) is 16.9 Å². The van der Waals surface area contributed by atoms with Crippen LogP contribution < -0.4 is 0 Å². The highest BCUT2D eigenvalue weighted by Gasteiger charge is 2.10. The van der Waals surface area contributed by atoms with E-state index >= 15 is 0 Å². The van der Waals surface area contributed by atoms with Gasteiger partial charge in [-0.3, -0.25) is 0 Å². The first kappa shape index (κ1) is 10.9. The summed E-state index contributed by atoms with van der Waals surface area (Å²) in [6, 6.07) is 11.8. The second-order valence-electron chi connectivity index (χ2n) is 3.55. The number of rotatable bonds is 4. The molecule has 0 bridgehead atoms. The van der Waals surface area contributed by atoms with Gasteiger partial charge in [0.25, 0.3) is 0 Å². The van der Waals surface area contributed by atoms with Gasteiger partial charge < -0.3 is 5.11 Å². The van der Waals surface area contributed by atoms with E-state index in [9.17, 15) is 4.79 Å². The number of carboxylic acids is 1. The summed E-state index contributed by atoms with van der Waals surface area (Å²) in [7, 11) is 0. The number of aromatic carboxylic acids is 1. The summed E-state index contributed by atoms with van der Waals surface area (Å²) in [6.07, 6.45) is 1.69. The van der Waals surface area contributed by atoms with E-state index in [2.05, 4.69) is 12.1 Å². The van der Waals surface area contributed by atoms with Gasteiger partial charge in [-0.05, 0) is 29.9 Å². The van der Waals surface area contributed by atoms with Crippen molar-refractivity contribution in [3.63, 3.8) is 0 Å². The monoisotopic (exact) mass is 232 g/mol. The van der Waals surface area contributed by atoms with E-state index in [0.29, 0.717) is 5.56 Å². The van der Waals surface area contributed by atoms with E-state index in [4.69, 9.17) is 5.11 Å². The number of carboxylic acid groups (broad SMARTS) is 1. The first-order valence-corrected chi connectivity index (χ1v) is 5.99. The summed E-state index contributed by atoms with van der Waals surface area (Å²) in [6.45, 7) is 0. The van der Waals surface area contributed by atoms with Gasteiger partial charge in [-0.1, -0.05) is 30.3 Å². The molecule has 1 aromatic heterocycles. The van der Waals surface area contributed by atoms with E-state index in [1.807, 2.05) is 23.6 Å². The van der Waals surface area contributed by atoms with E-state index in [0.717, 1.165) is 17.7 Å². The molecule has 1 heterocycles. The predicted molar refractivity (Wildman–Crippen MR) is 65.1 cm³/mol. The first-order valence-electron chi connectivity index (χ1n) is 5.11. The van der Waals surface area contributed by atoms with Crippen LogP contribution in [-0.2, 0) is 12.8 Å². The van der Waals surface area contributed by atoms with Crippen molar-refractivity contribution in [2.45, 2.75) is 12.8 Å². The third kappa shape index (κ3) is 2.49. The smallest absolute Gasteiger partial charge is 0.336 e. The maximum Gasteiger partial charge on any atom is 0.336 e. The lowest BCUT2D eigenvalue weighted by atomic mass is 10.1. The zero-order valence-electron chi connectivity index (χ0n) is 8.72. The fourth-order valence-electron chi connectivity index (χ4n) is 1.63. The minimum Gasteiger partial charge on any atom is -0.478 e. The molecule has 2 rings (SSSR count). The number of hydrogen-bond acceptors (Lipinski definition) is 2. The fraction of sp³-hybridized carbons (Fsp3) is 0.154. The van der Waals surface area contributed by atoms with Crippen LogP contribution in [0.1, 0.15) is 20.8 Å². The molecular weight excluding hydrogens is 220 g/mol. The Hall–Kier alpha value is -1.61. The van der Waals surface area contributed by atoms with Crippen LogP contribution in [0.5, 0.6) is 0 Å². The normalized spacial score (nSPS) is 10.2. The second-order valence-corrected chi connectivity index (χ2v) is 4.55. The van der Waals surface area contributed by atoms with Crippen molar-refractivity contribution in [1.29, 1.82) is 0 Å². The van der Waals surface area contributed by atoms with Gasteiger partial charge in [-0.2, -0.15) is 0 Å². The van der Waals surface area contributed by atoms with Crippen LogP contribution >= 0.6 is 11.3 Å². The molecule has 1 N–H and O–H groups in total. The molecule has 82 valence electrons. The highest BCUT2D eigenvalue weighted by Crippen LogP contribution is 2.19. The van der Waals surface area contributed by atoms with Crippen molar-refractivity contribution in [3.8, 4) is 0 Å². The average Bonchev–Trinajstić information content (AvgIpc) is 2.76. The molecule has 0 aliphatic heterocycles. The second kappa shape index (κ2) is 4.94. The van der Waals surface area contributed by atoms with Gasteiger partial charge in [0, 0.05) is 4.88 Å². The van der Waals surface area contributed by atoms with Crippen molar-refractivity contribution >= 4 is 17.3 Å². The highest BCUT2D eigenvalue weighted by molar-refractivity contribution is 7.10. The van der Waals surface area contributed by atoms with Crippen LogP contribution in [0.4, 0.5) is 0 Å². The van der Waals surface area contributed by atoms with Gasteiger partial charge >= 0.3 is 5.97 Å². The Balaban J connectivity index is 2.05. The number of benzene rings is 1. The van der Waals surface area contributed by atoms with Gasteiger partial charge in [-0.15, -0.1) is 11.3 Å². The molecule has 0 saturated carbocycles. The summed E-state index contributed by atoms with van der Waals surface area (Å²) < 4.78 is 0. The Kier molecular flexibility index (Phi) is 3.37. The maximum atomic E-state index is 10.9. The molecule has 2 nitrogen and oxygen atoms in total. The molecule has 0 amide bonds. The minimum atomic E-state index is -0.829. The SMILES string of the molecule is O=C(O)c1ccsc1CCc1ccccc1. The molecule has 0 radical (unpaired) electrons. The van der Waals surface area contributed by atoms with Crippen LogP contribution in [0.15, 0.2) is 41.8 Å². The third-order valence-corrected chi connectivity index (χ3v) is 3.44. The molecule has 0 unspecified atom stereocenters. The standard InChI is InChI=1S/C13H12O2S/c14-13(15)11-8-9-16-12(11)7-6-10-4-2-1-3-5-10/h1-5,8-9H,6-7H2,(H,14,15). The minimum absolute atomic E-state index is 0.445. The van der Waals surface area contributed by atoms with Crippen molar-refractivity contribution in [3.05, 3.63) is 57.8 Å². The van der Waals surface area contributed by atoms with Gasteiger partial charge in [-0.25, -0.2) is 4.79 Å². The molecule has 1 aromatic carbocycles. The van der Waals surface area contributed by atoms with Gasteiger partial charge in [0.1, 0.15) is 0 Å². The molecular formula is C13H12O2S. The summed E-state index contributed by atoms with van der Waals surface area (Å²) in [4.78, 5) is 11.9. The largest absolute Gasteiger partial charge is 0.478 e. The summed E-state index contributed by atoms with van der Waals surface area (Å²) in [5.74, 6) is -0.829. The molecule has 2 aromatic rings. The van der Waals surface area contributed by atoms with Crippen molar-refractivity contribution in [2.75, 3.05) is 0 Å². The molecule has 3 heteroatoms. The summed E-state index contributed by atoms with van der Waals surface area (Å²) >= 11 is 1.52. The van der Waals surface area contributed by atoms with Gasteiger partial charge in [0.15, 0.2) is 0 Å². The molecule has 0 aliphatic rings. The molecule has 0 spiro atoms. The van der Waals surface area contributed by atoms with Crippen LogP contribution in [0.2, 0.25) is 0 Å². The average molecular weight is 232 g/mol. The first-order chi connectivity index (χ1) is 7.77. The lowest BCUT2D eigenvalue weighted by Crippen LogP contribution is -1.99. The zero-order chi connectivity index (χ0) is 11.4. The lowest BCUT2D eigenvalue weighted by molar-refractivity contribution is 0.0696. The van der Waals surface area contributed by atoms with Crippen molar-refractivity contribution < 1.29 is 9.90 Å². The molecule has 0 aliphatic carbocycles. The van der Waals surface area contributed by atoms with E-state index in [-0.39, 0.29) is 0 Å². The van der Waals surface area contributed by atoms with Crippen LogP contribution in [-0.4, -0.2) is 11.1 Å². The molecule has 0 saturated heterocycles. The Labute approximate surface area is 98.2 Å². The number of carbonyl (C=O) groups is 1. The quantitative estimate of drug-likeness (QED) is 0.878. The Morgan fingerprint density at radius 3 is 2.56 bits per heavy atom. The Bertz CT molecular complexity index is 474. The van der Waals surface area contributed by atoms with Crippen LogP contribution in [0.25, 0.3) is 0 Å².